The van der Waals surface area contributed by atoms with Crippen molar-refractivity contribution in [3.05, 3.63) is 60.2 Å². The molecular weight excluding hydrogens is 422 g/mol. The molecule has 1 amide bonds. The first-order chi connectivity index (χ1) is 15.5. The van der Waals surface area contributed by atoms with Crippen LogP contribution in [-0.2, 0) is 20.6 Å². The molecule has 172 valence electrons. The molecular formula is C25H33N3O3S. The van der Waals surface area contributed by atoms with Crippen molar-refractivity contribution in [2.75, 3.05) is 23.7 Å². The number of rotatable bonds is 7. The van der Waals surface area contributed by atoms with Crippen LogP contribution in [0.3, 0.4) is 0 Å². The lowest BCUT2D eigenvalue weighted by molar-refractivity contribution is -0.120. The summed E-state index contributed by atoms with van der Waals surface area (Å²) in [5.41, 5.74) is 2.66. The smallest absolute Gasteiger partial charge is 0.227 e. The molecule has 0 spiro atoms. The third-order valence-corrected chi connectivity index (χ3v) is 8.39. The van der Waals surface area contributed by atoms with Crippen molar-refractivity contribution >= 4 is 27.3 Å². The number of sulfonamides is 1. The Morgan fingerprint density at radius 2 is 1.47 bits per heavy atom. The van der Waals surface area contributed by atoms with Crippen LogP contribution in [0.4, 0.5) is 11.4 Å². The van der Waals surface area contributed by atoms with Gasteiger partial charge in [-0.1, -0.05) is 49.6 Å². The minimum absolute atomic E-state index is 0.00590. The van der Waals surface area contributed by atoms with E-state index < -0.39 is 10.0 Å². The molecule has 1 aliphatic heterocycles. The zero-order chi connectivity index (χ0) is 22.4. The fourth-order valence-electron chi connectivity index (χ4n) is 4.65. The van der Waals surface area contributed by atoms with Crippen molar-refractivity contribution in [3.63, 3.8) is 0 Å². The fraction of sp³-hybridized carbons (Fsp3) is 0.480. The second-order valence-corrected chi connectivity index (χ2v) is 10.9. The number of hydrogen-bond donors (Lipinski definition) is 2. The fourth-order valence-corrected chi connectivity index (χ4v) is 6.21. The maximum atomic E-state index is 12.7. The number of nitrogens with zero attached hydrogens (tertiary/aromatic N) is 1. The van der Waals surface area contributed by atoms with Crippen molar-refractivity contribution in [2.45, 2.75) is 56.7 Å². The first-order valence-electron chi connectivity index (χ1n) is 11.7. The molecule has 7 heteroatoms. The number of anilines is 2. The summed E-state index contributed by atoms with van der Waals surface area (Å²) in [6, 6.07) is 17.7. The Balaban J connectivity index is 1.25. The van der Waals surface area contributed by atoms with Gasteiger partial charge in [0.15, 0.2) is 0 Å². The third kappa shape index (κ3) is 6.11. The summed E-state index contributed by atoms with van der Waals surface area (Å²) >= 11 is 0. The Kier molecular flexibility index (Phi) is 7.48. The number of carbonyl (C=O) groups is 1. The van der Waals surface area contributed by atoms with Crippen LogP contribution in [0.1, 0.15) is 50.5 Å². The number of nitrogens with one attached hydrogen (secondary N) is 2. The Bertz CT molecular complexity index is 979. The molecule has 0 radical (unpaired) electrons. The molecule has 2 aromatic carbocycles. The zero-order valence-corrected chi connectivity index (χ0v) is 19.3. The Labute approximate surface area is 191 Å². The SMILES string of the molecule is O=C(Nc1ccc(NC2CCCCC2)cc1)C1CCN(S(=O)(=O)Cc2ccccc2)CC1. The average Bonchev–Trinajstić information content (AvgIpc) is 2.81. The maximum absolute atomic E-state index is 12.7. The average molecular weight is 456 g/mol. The van der Waals surface area contributed by atoms with Crippen LogP contribution in [0.5, 0.6) is 0 Å². The Morgan fingerprint density at radius 3 is 2.12 bits per heavy atom. The van der Waals surface area contributed by atoms with Gasteiger partial charge < -0.3 is 10.6 Å². The molecule has 0 unspecified atom stereocenters. The van der Waals surface area contributed by atoms with Gasteiger partial charge in [0.05, 0.1) is 5.75 Å². The van der Waals surface area contributed by atoms with Gasteiger partial charge in [-0.15, -0.1) is 0 Å². The molecule has 2 aliphatic rings. The van der Waals surface area contributed by atoms with E-state index in [2.05, 4.69) is 10.6 Å². The van der Waals surface area contributed by atoms with Gasteiger partial charge >= 0.3 is 0 Å². The molecule has 32 heavy (non-hydrogen) atoms. The summed E-state index contributed by atoms with van der Waals surface area (Å²) in [5, 5.41) is 6.59. The van der Waals surface area contributed by atoms with Gasteiger partial charge in [0, 0.05) is 36.4 Å². The van der Waals surface area contributed by atoms with Gasteiger partial charge in [-0.05, 0) is 55.5 Å². The molecule has 0 bridgehead atoms. The first-order valence-corrected chi connectivity index (χ1v) is 13.3. The van der Waals surface area contributed by atoms with Crippen LogP contribution in [0.2, 0.25) is 0 Å². The van der Waals surface area contributed by atoms with Crippen molar-refractivity contribution in [3.8, 4) is 0 Å². The van der Waals surface area contributed by atoms with Gasteiger partial charge in [-0.2, -0.15) is 0 Å². The minimum atomic E-state index is -3.37. The van der Waals surface area contributed by atoms with E-state index in [-0.39, 0.29) is 17.6 Å². The van der Waals surface area contributed by atoms with Gasteiger partial charge in [-0.25, -0.2) is 12.7 Å². The number of hydrogen-bond acceptors (Lipinski definition) is 4. The summed E-state index contributed by atoms with van der Waals surface area (Å²) in [4.78, 5) is 12.7. The molecule has 2 N–H and O–H groups in total. The summed E-state index contributed by atoms with van der Waals surface area (Å²) in [6.07, 6.45) is 7.44. The molecule has 4 rings (SSSR count). The number of benzene rings is 2. The molecule has 0 aromatic heterocycles. The van der Waals surface area contributed by atoms with Gasteiger partial charge in [-0.3, -0.25) is 4.79 Å². The molecule has 0 atom stereocenters. The second-order valence-electron chi connectivity index (χ2n) is 8.96. The molecule has 2 fully saturated rings. The minimum Gasteiger partial charge on any atom is -0.382 e. The van der Waals surface area contributed by atoms with Gasteiger partial charge in [0.25, 0.3) is 0 Å². The Hall–Kier alpha value is -2.38. The molecule has 6 nitrogen and oxygen atoms in total. The van der Waals surface area contributed by atoms with Crippen LogP contribution in [-0.4, -0.2) is 37.8 Å². The summed E-state index contributed by atoms with van der Waals surface area (Å²) in [5.74, 6) is -0.192. The van der Waals surface area contributed by atoms with Crippen LogP contribution >= 0.6 is 0 Å². The number of carbonyl (C=O) groups excluding carboxylic acids is 1. The molecule has 1 saturated carbocycles. The van der Waals surface area contributed by atoms with Crippen molar-refractivity contribution < 1.29 is 13.2 Å². The topological polar surface area (TPSA) is 78.5 Å². The molecule has 1 heterocycles. The highest BCUT2D eigenvalue weighted by molar-refractivity contribution is 7.88. The van der Waals surface area contributed by atoms with E-state index >= 15 is 0 Å². The van der Waals surface area contributed by atoms with E-state index in [1.165, 1.54) is 36.4 Å². The predicted octanol–water partition coefficient (Wildman–Crippen LogP) is 4.61. The predicted molar refractivity (Wildman–Crippen MR) is 129 cm³/mol. The highest BCUT2D eigenvalue weighted by atomic mass is 32.2. The quantitative estimate of drug-likeness (QED) is 0.639. The standard InChI is InChI=1S/C25H33N3O3S/c29-25(27-24-13-11-23(12-14-24)26-22-9-5-2-6-10-22)21-15-17-28(18-16-21)32(30,31)19-20-7-3-1-4-8-20/h1,3-4,7-8,11-14,21-22,26H,2,5-6,9-10,15-19H2,(H,27,29). The van der Waals surface area contributed by atoms with Crippen LogP contribution in [0, 0.1) is 5.92 Å². The van der Waals surface area contributed by atoms with Crippen molar-refractivity contribution in [2.24, 2.45) is 5.92 Å². The first kappa shape index (κ1) is 22.8. The van der Waals surface area contributed by atoms with Crippen LogP contribution in [0.25, 0.3) is 0 Å². The summed E-state index contributed by atoms with van der Waals surface area (Å²) < 4.78 is 27.0. The maximum Gasteiger partial charge on any atom is 0.227 e. The lowest BCUT2D eigenvalue weighted by atomic mass is 9.95. The highest BCUT2D eigenvalue weighted by Gasteiger charge is 2.31. The second kappa shape index (κ2) is 10.5. The summed E-state index contributed by atoms with van der Waals surface area (Å²) in [6.45, 7) is 0.773. The number of piperidine rings is 1. The largest absolute Gasteiger partial charge is 0.382 e. The van der Waals surface area contributed by atoms with Gasteiger partial charge in [0.1, 0.15) is 0 Å². The highest BCUT2D eigenvalue weighted by Crippen LogP contribution is 2.25. The van der Waals surface area contributed by atoms with Crippen LogP contribution in [0.15, 0.2) is 54.6 Å². The van der Waals surface area contributed by atoms with Crippen molar-refractivity contribution in [1.29, 1.82) is 0 Å². The van der Waals surface area contributed by atoms with E-state index in [9.17, 15) is 13.2 Å². The lowest BCUT2D eigenvalue weighted by Crippen LogP contribution is -2.41. The van der Waals surface area contributed by atoms with E-state index in [1.807, 2.05) is 54.6 Å². The molecule has 2 aromatic rings. The van der Waals surface area contributed by atoms with E-state index in [4.69, 9.17) is 0 Å². The van der Waals surface area contributed by atoms with Gasteiger partial charge in [0.2, 0.25) is 15.9 Å². The summed E-state index contributed by atoms with van der Waals surface area (Å²) in [7, 11) is -3.37. The van der Waals surface area contributed by atoms with Crippen LogP contribution < -0.4 is 10.6 Å². The number of amides is 1. The zero-order valence-electron chi connectivity index (χ0n) is 18.5. The third-order valence-electron chi connectivity index (χ3n) is 6.54. The van der Waals surface area contributed by atoms with E-state index in [0.717, 1.165) is 16.9 Å². The normalized spacial score (nSPS) is 18.9. The van der Waals surface area contributed by atoms with E-state index in [0.29, 0.717) is 32.0 Å². The molecule has 1 aliphatic carbocycles. The van der Waals surface area contributed by atoms with Crippen molar-refractivity contribution in [1.82, 2.24) is 4.31 Å². The van der Waals surface area contributed by atoms with E-state index in [1.54, 1.807) is 0 Å². The lowest BCUT2D eigenvalue weighted by Gasteiger charge is -2.30. The monoisotopic (exact) mass is 455 g/mol. The molecule has 1 saturated heterocycles. The Morgan fingerprint density at radius 1 is 0.844 bits per heavy atom.